The van der Waals surface area contributed by atoms with Crippen molar-refractivity contribution < 1.29 is 9.32 Å². The molecule has 5 nitrogen and oxygen atoms in total. The van der Waals surface area contributed by atoms with Gasteiger partial charge in [-0.15, -0.1) is 0 Å². The zero-order valence-electron chi connectivity index (χ0n) is 15.8. The molecule has 1 atom stereocenters. The molecule has 2 aromatic carbocycles. The van der Waals surface area contributed by atoms with Gasteiger partial charge in [-0.1, -0.05) is 65.8 Å². The molecule has 4 rings (SSSR count). The molecule has 1 unspecified atom stereocenters. The average Bonchev–Trinajstić information content (AvgIpc) is 3.45. The second kappa shape index (κ2) is 9.30. The number of hydrogen-bond donors (Lipinski definition) is 1. The number of thiophene rings is 1. The highest BCUT2D eigenvalue weighted by atomic mass is 32.1. The van der Waals surface area contributed by atoms with Gasteiger partial charge in [0.1, 0.15) is 0 Å². The number of carbonyl (C=O) groups is 1. The van der Waals surface area contributed by atoms with Crippen LogP contribution in [0.25, 0.3) is 11.4 Å². The van der Waals surface area contributed by atoms with Gasteiger partial charge < -0.3 is 9.84 Å². The molecule has 0 spiro atoms. The van der Waals surface area contributed by atoms with E-state index in [0.717, 1.165) is 17.5 Å². The molecule has 0 aliphatic carbocycles. The molecular formula is C23H21N3O2S. The minimum absolute atomic E-state index is 0.0370. The molecule has 0 bridgehead atoms. The van der Waals surface area contributed by atoms with Gasteiger partial charge in [0, 0.05) is 23.8 Å². The Bertz CT molecular complexity index is 1030. The molecule has 0 radical (unpaired) electrons. The molecule has 2 heterocycles. The van der Waals surface area contributed by atoms with Crippen LogP contribution in [-0.4, -0.2) is 16.0 Å². The molecule has 2 aromatic heterocycles. The lowest BCUT2D eigenvalue weighted by molar-refractivity contribution is -0.121. The van der Waals surface area contributed by atoms with Gasteiger partial charge in [0.05, 0.1) is 6.04 Å². The first-order chi connectivity index (χ1) is 14.3. The van der Waals surface area contributed by atoms with Crippen LogP contribution in [0.1, 0.15) is 29.5 Å². The Kier molecular flexibility index (Phi) is 6.12. The first-order valence-corrected chi connectivity index (χ1v) is 10.5. The summed E-state index contributed by atoms with van der Waals surface area (Å²) >= 11 is 1.58. The maximum atomic E-state index is 12.6. The Morgan fingerprint density at radius 2 is 1.79 bits per heavy atom. The number of nitrogens with zero attached hydrogens (tertiary/aromatic N) is 2. The van der Waals surface area contributed by atoms with Crippen molar-refractivity contribution in [3.8, 4) is 11.4 Å². The number of hydrogen-bond acceptors (Lipinski definition) is 5. The number of nitrogens with one attached hydrogen (secondary N) is 1. The van der Waals surface area contributed by atoms with E-state index in [1.165, 1.54) is 5.56 Å². The van der Waals surface area contributed by atoms with E-state index >= 15 is 0 Å². The lowest BCUT2D eigenvalue weighted by Crippen LogP contribution is -2.30. The Hall–Kier alpha value is -3.25. The fourth-order valence-corrected chi connectivity index (χ4v) is 3.77. The number of benzene rings is 2. The number of rotatable bonds is 8. The predicted octanol–water partition coefficient (Wildman–Crippen LogP) is 4.83. The molecule has 6 heteroatoms. The number of aryl methyl sites for hydroxylation is 1. The molecule has 1 N–H and O–H groups in total. The zero-order chi connectivity index (χ0) is 19.9. The van der Waals surface area contributed by atoms with Crippen LogP contribution in [0, 0.1) is 0 Å². The molecule has 0 aliphatic rings. The van der Waals surface area contributed by atoms with Crippen molar-refractivity contribution in [3.05, 3.63) is 94.5 Å². The fourth-order valence-electron chi connectivity index (χ4n) is 3.14. The monoisotopic (exact) mass is 403 g/mol. The molecule has 4 aromatic rings. The molecule has 1 amide bonds. The van der Waals surface area contributed by atoms with Gasteiger partial charge in [0.15, 0.2) is 0 Å². The smallest absolute Gasteiger partial charge is 0.227 e. The van der Waals surface area contributed by atoms with Crippen LogP contribution in [0.5, 0.6) is 0 Å². The van der Waals surface area contributed by atoms with Crippen LogP contribution in [0.15, 0.2) is 82.0 Å². The third kappa shape index (κ3) is 5.18. The fraction of sp³-hybridized carbons (Fsp3) is 0.174. The Balaban J connectivity index is 1.39. The second-order valence-electron chi connectivity index (χ2n) is 6.74. The summed E-state index contributed by atoms with van der Waals surface area (Å²) in [5.74, 6) is 0.999. The van der Waals surface area contributed by atoms with Crippen LogP contribution in [0.3, 0.4) is 0 Å². The van der Waals surface area contributed by atoms with Crippen molar-refractivity contribution in [2.45, 2.75) is 25.3 Å². The highest BCUT2D eigenvalue weighted by Gasteiger charge is 2.16. The maximum absolute atomic E-state index is 12.6. The number of carbonyl (C=O) groups excluding carboxylic acids is 1. The lowest BCUT2D eigenvalue weighted by atomic mass is 9.98. The quantitative estimate of drug-likeness (QED) is 0.457. The van der Waals surface area contributed by atoms with E-state index in [4.69, 9.17) is 4.52 Å². The van der Waals surface area contributed by atoms with Gasteiger partial charge >= 0.3 is 0 Å². The summed E-state index contributed by atoms with van der Waals surface area (Å²) in [4.78, 5) is 17.0. The van der Waals surface area contributed by atoms with E-state index in [-0.39, 0.29) is 11.9 Å². The van der Waals surface area contributed by atoms with E-state index in [2.05, 4.69) is 27.6 Å². The minimum atomic E-state index is -0.0878. The van der Waals surface area contributed by atoms with Crippen molar-refractivity contribution in [3.63, 3.8) is 0 Å². The highest BCUT2D eigenvalue weighted by molar-refractivity contribution is 7.08. The summed E-state index contributed by atoms with van der Waals surface area (Å²) in [6.45, 7) is 0. The van der Waals surface area contributed by atoms with Gasteiger partial charge in [-0.2, -0.15) is 16.3 Å². The number of amides is 1. The Morgan fingerprint density at radius 3 is 2.52 bits per heavy atom. The van der Waals surface area contributed by atoms with E-state index in [1.807, 2.05) is 65.4 Å². The van der Waals surface area contributed by atoms with Crippen LogP contribution in [0.4, 0.5) is 0 Å². The molecule has 29 heavy (non-hydrogen) atoms. The molecule has 0 fully saturated rings. The maximum Gasteiger partial charge on any atom is 0.227 e. The van der Waals surface area contributed by atoms with Crippen molar-refractivity contribution in [1.82, 2.24) is 15.5 Å². The van der Waals surface area contributed by atoms with Crippen molar-refractivity contribution in [2.75, 3.05) is 0 Å². The summed E-state index contributed by atoms with van der Waals surface area (Å²) < 4.78 is 5.29. The third-order valence-corrected chi connectivity index (χ3v) is 5.32. The first-order valence-electron chi connectivity index (χ1n) is 9.51. The Labute approximate surface area is 173 Å². The van der Waals surface area contributed by atoms with Gasteiger partial charge in [-0.25, -0.2) is 0 Å². The van der Waals surface area contributed by atoms with Crippen molar-refractivity contribution in [1.29, 1.82) is 0 Å². The van der Waals surface area contributed by atoms with Crippen molar-refractivity contribution in [2.24, 2.45) is 0 Å². The SMILES string of the molecule is O=C(CCc1nc(-c2ccsc2)no1)NC(Cc1ccccc1)c1ccccc1. The molecule has 0 aliphatic heterocycles. The lowest BCUT2D eigenvalue weighted by Gasteiger charge is -2.19. The molecule has 0 saturated heterocycles. The summed E-state index contributed by atoms with van der Waals surface area (Å²) in [6.07, 6.45) is 1.44. The molecule has 0 saturated carbocycles. The normalized spacial score (nSPS) is 11.9. The Morgan fingerprint density at radius 1 is 1.03 bits per heavy atom. The summed E-state index contributed by atoms with van der Waals surface area (Å²) in [5, 5.41) is 11.1. The molecule has 146 valence electrons. The third-order valence-electron chi connectivity index (χ3n) is 4.63. The van der Waals surface area contributed by atoms with Crippen LogP contribution in [-0.2, 0) is 17.6 Å². The topological polar surface area (TPSA) is 68.0 Å². The van der Waals surface area contributed by atoms with E-state index in [9.17, 15) is 4.79 Å². The van der Waals surface area contributed by atoms with Gasteiger partial charge in [-0.05, 0) is 29.0 Å². The zero-order valence-corrected chi connectivity index (χ0v) is 16.6. The predicted molar refractivity (Wildman–Crippen MR) is 113 cm³/mol. The average molecular weight is 404 g/mol. The van der Waals surface area contributed by atoms with E-state index < -0.39 is 0 Å². The van der Waals surface area contributed by atoms with E-state index in [0.29, 0.717) is 24.6 Å². The van der Waals surface area contributed by atoms with Gasteiger partial charge in [0.25, 0.3) is 0 Å². The first kappa shape index (κ1) is 19.1. The van der Waals surface area contributed by atoms with E-state index in [1.54, 1.807) is 11.3 Å². The van der Waals surface area contributed by atoms with Gasteiger partial charge in [0.2, 0.25) is 17.6 Å². The minimum Gasteiger partial charge on any atom is -0.349 e. The van der Waals surface area contributed by atoms with Crippen LogP contribution >= 0.6 is 11.3 Å². The summed E-state index contributed by atoms with van der Waals surface area (Å²) in [5.41, 5.74) is 3.20. The standard InChI is InChI=1S/C23H21N3O2S/c27-21(11-12-22-25-23(26-28-22)19-13-14-29-16-19)24-20(18-9-5-2-6-10-18)15-17-7-3-1-4-8-17/h1-10,13-14,16,20H,11-12,15H2,(H,24,27). The van der Waals surface area contributed by atoms with Crippen LogP contribution in [0.2, 0.25) is 0 Å². The van der Waals surface area contributed by atoms with Crippen LogP contribution < -0.4 is 5.32 Å². The summed E-state index contributed by atoms with van der Waals surface area (Å²) in [7, 11) is 0. The molecular weight excluding hydrogens is 382 g/mol. The highest BCUT2D eigenvalue weighted by Crippen LogP contribution is 2.20. The summed E-state index contributed by atoms with van der Waals surface area (Å²) in [6, 6.07) is 22.1. The van der Waals surface area contributed by atoms with Gasteiger partial charge in [-0.3, -0.25) is 4.79 Å². The number of aromatic nitrogens is 2. The second-order valence-corrected chi connectivity index (χ2v) is 7.52. The largest absolute Gasteiger partial charge is 0.349 e. The van der Waals surface area contributed by atoms with Crippen molar-refractivity contribution >= 4 is 17.2 Å².